The van der Waals surface area contributed by atoms with Crippen LogP contribution in [0.15, 0.2) is 42.6 Å². The van der Waals surface area contributed by atoms with Gasteiger partial charge in [0.2, 0.25) is 5.91 Å². The summed E-state index contributed by atoms with van der Waals surface area (Å²) in [6, 6.07) is 10.1. The summed E-state index contributed by atoms with van der Waals surface area (Å²) in [5.41, 5.74) is 1.40. The van der Waals surface area contributed by atoms with Crippen molar-refractivity contribution >= 4 is 67.2 Å². The number of carbonyl (C=O) groups excluding carboxylic acids is 1. The maximum absolute atomic E-state index is 15.1. The molecule has 0 saturated carbocycles. The highest BCUT2D eigenvalue weighted by Crippen LogP contribution is 2.37. The number of carboxylic acid groups (broad SMARTS) is 1. The van der Waals surface area contributed by atoms with Gasteiger partial charge in [-0.1, -0.05) is 35.1 Å². The average molecular weight is 575 g/mol. The normalized spacial score (nSPS) is 17.3. The number of ether oxygens (including phenoxy) is 1. The van der Waals surface area contributed by atoms with E-state index in [0.717, 1.165) is 15.1 Å². The van der Waals surface area contributed by atoms with Crippen LogP contribution in [-0.2, 0) is 27.2 Å². The molecule has 38 heavy (non-hydrogen) atoms. The van der Waals surface area contributed by atoms with Crippen molar-refractivity contribution in [2.75, 3.05) is 19.0 Å². The van der Waals surface area contributed by atoms with E-state index in [2.05, 4.69) is 15.3 Å². The van der Waals surface area contributed by atoms with E-state index in [0.29, 0.717) is 35.2 Å². The number of likely N-dealkylation sites (tertiary alicyclic amines) is 1. The van der Waals surface area contributed by atoms with Gasteiger partial charge in [-0.25, -0.2) is 14.4 Å². The zero-order chi connectivity index (χ0) is 26.8. The van der Waals surface area contributed by atoms with Crippen LogP contribution in [0.5, 0.6) is 0 Å². The van der Waals surface area contributed by atoms with Crippen LogP contribution in [-0.4, -0.2) is 51.6 Å². The maximum Gasteiger partial charge on any atom is 0.303 e. The van der Waals surface area contributed by atoms with E-state index >= 15 is 4.39 Å². The number of fused-ring (bicyclic) bond motifs is 1. The predicted octanol–water partition coefficient (Wildman–Crippen LogP) is 5.84. The van der Waals surface area contributed by atoms with Gasteiger partial charge in [0.1, 0.15) is 10.8 Å². The van der Waals surface area contributed by atoms with E-state index in [-0.39, 0.29) is 41.5 Å². The van der Waals surface area contributed by atoms with Crippen LogP contribution in [0.25, 0.3) is 10.2 Å². The SMILES string of the molecule is CO[C@H]1C[C@@H](c2ncc(CCC(=O)O)s2)N(C(=O)Cc2cc(Cl)c(Nc3nc4ccccc4s3)cc2F)C1. The van der Waals surface area contributed by atoms with Gasteiger partial charge in [0.25, 0.3) is 0 Å². The molecule has 8 nitrogen and oxygen atoms in total. The van der Waals surface area contributed by atoms with Gasteiger partial charge in [-0.2, -0.15) is 0 Å². The topological polar surface area (TPSA) is 105 Å². The second-order valence-corrected chi connectivity index (χ2v) is 11.5. The molecule has 0 spiro atoms. The molecular weight excluding hydrogens is 551 g/mol. The van der Waals surface area contributed by atoms with Gasteiger partial charge in [0.05, 0.1) is 45.9 Å². The number of rotatable bonds is 9. The zero-order valence-electron chi connectivity index (χ0n) is 20.3. The van der Waals surface area contributed by atoms with Crippen molar-refractivity contribution in [1.29, 1.82) is 0 Å². The minimum atomic E-state index is -0.876. The highest BCUT2D eigenvalue weighted by Gasteiger charge is 2.38. The molecule has 0 unspecified atom stereocenters. The average Bonchev–Trinajstić information content (AvgIpc) is 3.63. The van der Waals surface area contributed by atoms with Gasteiger partial charge in [-0.15, -0.1) is 11.3 Å². The van der Waals surface area contributed by atoms with Crippen molar-refractivity contribution in [1.82, 2.24) is 14.9 Å². The third-order valence-corrected chi connectivity index (χ3v) is 8.79. The largest absolute Gasteiger partial charge is 0.481 e. The van der Waals surface area contributed by atoms with Crippen molar-refractivity contribution in [3.63, 3.8) is 0 Å². The second kappa shape index (κ2) is 11.3. The van der Waals surface area contributed by atoms with Crippen molar-refractivity contribution in [2.24, 2.45) is 0 Å². The number of hydrogen-bond donors (Lipinski definition) is 2. The first-order chi connectivity index (χ1) is 18.3. The van der Waals surface area contributed by atoms with Crippen LogP contribution in [0.1, 0.15) is 34.3 Å². The van der Waals surface area contributed by atoms with E-state index in [1.807, 2.05) is 24.3 Å². The lowest BCUT2D eigenvalue weighted by Gasteiger charge is -2.23. The molecule has 1 saturated heterocycles. The van der Waals surface area contributed by atoms with Gasteiger partial charge in [-0.3, -0.25) is 9.59 Å². The zero-order valence-corrected chi connectivity index (χ0v) is 22.7. The number of methoxy groups -OCH3 is 1. The third kappa shape index (κ3) is 5.80. The molecule has 12 heteroatoms. The van der Waals surface area contributed by atoms with Crippen molar-refractivity contribution < 1.29 is 23.8 Å². The van der Waals surface area contributed by atoms with E-state index < -0.39 is 11.8 Å². The van der Waals surface area contributed by atoms with Crippen LogP contribution in [0.2, 0.25) is 5.02 Å². The molecule has 1 aliphatic rings. The molecule has 3 heterocycles. The summed E-state index contributed by atoms with van der Waals surface area (Å²) >= 11 is 9.30. The molecule has 0 bridgehead atoms. The minimum absolute atomic E-state index is 0.0134. The molecule has 198 valence electrons. The van der Waals surface area contributed by atoms with Gasteiger partial charge >= 0.3 is 5.97 Å². The molecular formula is C26H24ClFN4O4S2. The number of aryl methyl sites for hydroxylation is 1. The molecule has 2 aromatic heterocycles. The fourth-order valence-corrected chi connectivity index (χ4v) is 6.58. The van der Waals surface area contributed by atoms with Gasteiger partial charge in [-0.05, 0) is 36.2 Å². The lowest BCUT2D eigenvalue weighted by atomic mass is 10.1. The summed E-state index contributed by atoms with van der Waals surface area (Å²) in [6.45, 7) is 0.358. The number of para-hydroxylation sites is 1. The fraction of sp³-hybridized carbons (Fsp3) is 0.308. The molecule has 0 aliphatic carbocycles. The Bertz CT molecular complexity index is 1460. The van der Waals surface area contributed by atoms with Crippen molar-refractivity contribution in [3.05, 3.63) is 68.9 Å². The first-order valence-corrected chi connectivity index (χ1v) is 13.9. The highest BCUT2D eigenvalue weighted by molar-refractivity contribution is 7.22. The van der Waals surface area contributed by atoms with Gasteiger partial charge in [0, 0.05) is 31.1 Å². The lowest BCUT2D eigenvalue weighted by molar-refractivity contribution is -0.137. The number of halogens is 2. The number of anilines is 2. The van der Waals surface area contributed by atoms with Gasteiger partial charge < -0.3 is 20.1 Å². The number of carboxylic acids is 1. The Morgan fingerprint density at radius 1 is 1.29 bits per heavy atom. The summed E-state index contributed by atoms with van der Waals surface area (Å²) < 4.78 is 21.6. The monoisotopic (exact) mass is 574 g/mol. The maximum atomic E-state index is 15.1. The van der Waals surface area contributed by atoms with E-state index in [9.17, 15) is 9.59 Å². The summed E-state index contributed by atoms with van der Waals surface area (Å²) in [7, 11) is 1.59. The van der Waals surface area contributed by atoms with Crippen molar-refractivity contribution in [3.8, 4) is 0 Å². The summed E-state index contributed by atoms with van der Waals surface area (Å²) in [4.78, 5) is 35.7. The quantitative estimate of drug-likeness (QED) is 0.259. The number of hydrogen-bond acceptors (Lipinski definition) is 8. The lowest BCUT2D eigenvalue weighted by Crippen LogP contribution is -2.33. The van der Waals surface area contributed by atoms with E-state index in [1.54, 1.807) is 18.2 Å². The number of benzene rings is 2. The number of carbonyl (C=O) groups is 2. The van der Waals surface area contributed by atoms with Gasteiger partial charge in [0.15, 0.2) is 5.13 Å². The van der Waals surface area contributed by atoms with Crippen LogP contribution in [0, 0.1) is 5.82 Å². The molecule has 1 aliphatic heterocycles. The van der Waals surface area contributed by atoms with Crippen LogP contribution < -0.4 is 5.32 Å². The molecule has 2 N–H and O–H groups in total. The standard InChI is InChI=1S/C26H24ClFN4O4S2/c1-36-15-10-21(25-29-12-16(37-25)6-7-24(34)35)32(13-15)23(33)9-14-8-17(27)20(11-18(14)28)31-26-30-19-4-2-3-5-22(19)38-26/h2-5,8,11-12,15,21H,6-7,9-10,13H2,1H3,(H,30,31)(H,34,35)/t15-,21-/m0/s1. The molecule has 2 atom stereocenters. The Morgan fingerprint density at radius 2 is 2.11 bits per heavy atom. The number of nitrogens with zero attached hydrogens (tertiary/aromatic N) is 3. The summed E-state index contributed by atoms with van der Waals surface area (Å²) in [6.07, 6.45) is 2.26. The summed E-state index contributed by atoms with van der Waals surface area (Å²) in [5, 5.41) is 13.6. The Morgan fingerprint density at radius 3 is 2.87 bits per heavy atom. The van der Waals surface area contributed by atoms with Crippen molar-refractivity contribution in [2.45, 2.75) is 37.8 Å². The fourth-order valence-electron chi connectivity index (χ4n) is 4.42. The van der Waals surface area contributed by atoms with Crippen LogP contribution in [0.4, 0.5) is 15.2 Å². The molecule has 4 aromatic rings. The minimum Gasteiger partial charge on any atom is -0.481 e. The molecule has 1 fully saturated rings. The van der Waals surface area contributed by atoms with E-state index in [4.69, 9.17) is 21.4 Å². The number of amides is 1. The van der Waals surface area contributed by atoms with Crippen LogP contribution in [0.3, 0.4) is 0 Å². The number of thiazole rings is 2. The Balaban J connectivity index is 1.31. The number of aliphatic carboxylic acids is 1. The second-order valence-electron chi connectivity index (χ2n) is 8.93. The first kappa shape index (κ1) is 26.5. The smallest absolute Gasteiger partial charge is 0.303 e. The van der Waals surface area contributed by atoms with E-state index in [1.165, 1.54) is 34.8 Å². The Labute approximate surface area is 231 Å². The number of nitrogens with one attached hydrogen (secondary N) is 1. The van der Waals surface area contributed by atoms with Crippen LogP contribution >= 0.6 is 34.3 Å². The highest BCUT2D eigenvalue weighted by atomic mass is 35.5. The molecule has 0 radical (unpaired) electrons. The molecule has 5 rings (SSSR count). The third-order valence-electron chi connectivity index (χ3n) is 6.37. The Kier molecular flexibility index (Phi) is 7.89. The first-order valence-electron chi connectivity index (χ1n) is 11.9. The molecule has 2 aromatic carbocycles. The summed E-state index contributed by atoms with van der Waals surface area (Å²) in [5.74, 6) is -1.69. The molecule has 1 amide bonds. The Hall–Kier alpha value is -3.12. The number of aromatic nitrogens is 2. The predicted molar refractivity (Wildman–Crippen MR) is 146 cm³/mol.